The zero-order valence-corrected chi connectivity index (χ0v) is 12.2. The summed E-state index contributed by atoms with van der Waals surface area (Å²) < 4.78 is 6.79. The van der Waals surface area contributed by atoms with Crippen LogP contribution in [0.5, 0.6) is 0 Å². The normalized spacial score (nSPS) is 11.1. The van der Waals surface area contributed by atoms with Crippen molar-refractivity contribution in [3.63, 3.8) is 0 Å². The quantitative estimate of drug-likeness (QED) is 0.916. The van der Waals surface area contributed by atoms with Crippen molar-refractivity contribution < 1.29 is 4.42 Å². The smallest absolute Gasteiger partial charge is 0.196 e. The molecule has 0 amide bonds. The molecular weight excluding hydrogens is 292 g/mol. The molecule has 1 N–H and O–H groups in total. The van der Waals surface area contributed by atoms with Crippen LogP contribution in [0.3, 0.4) is 0 Å². The van der Waals surface area contributed by atoms with Crippen LogP contribution in [0.1, 0.15) is 19.7 Å². The first kappa shape index (κ1) is 13.3. The van der Waals surface area contributed by atoms with Gasteiger partial charge in [-0.25, -0.2) is 4.98 Å². The van der Waals surface area contributed by atoms with E-state index in [-0.39, 0.29) is 0 Å². The van der Waals surface area contributed by atoms with Crippen molar-refractivity contribution in [3.8, 4) is 11.3 Å². The topological polar surface area (TPSA) is 38.1 Å². The number of halogens is 1. The van der Waals surface area contributed by atoms with Crippen molar-refractivity contribution in [2.75, 3.05) is 6.54 Å². The molecule has 0 atom stereocenters. The Morgan fingerprint density at radius 2 is 2.00 bits per heavy atom. The zero-order chi connectivity index (χ0) is 13.0. The third-order valence-corrected chi connectivity index (χ3v) is 3.10. The Bertz CT molecular complexity index is 491. The van der Waals surface area contributed by atoms with Gasteiger partial charge in [0.2, 0.25) is 0 Å². The molecule has 0 unspecified atom stereocenters. The average Bonchev–Trinajstić information content (AvgIpc) is 2.78. The van der Waals surface area contributed by atoms with Gasteiger partial charge in [0.1, 0.15) is 0 Å². The van der Waals surface area contributed by atoms with Crippen molar-refractivity contribution in [2.24, 2.45) is 0 Å². The van der Waals surface area contributed by atoms with E-state index in [1.165, 1.54) is 0 Å². The largest absolute Gasteiger partial charge is 0.441 e. The summed E-state index contributed by atoms with van der Waals surface area (Å²) in [6.45, 7) is 5.14. The summed E-state index contributed by atoms with van der Waals surface area (Å²) in [6, 6.07) is 8.52. The van der Waals surface area contributed by atoms with E-state index in [9.17, 15) is 0 Å². The van der Waals surface area contributed by atoms with Crippen molar-refractivity contribution in [2.45, 2.75) is 26.3 Å². The molecule has 96 valence electrons. The van der Waals surface area contributed by atoms with Crippen molar-refractivity contribution >= 4 is 15.9 Å². The number of oxazole rings is 1. The fourth-order valence-corrected chi connectivity index (χ4v) is 1.91. The van der Waals surface area contributed by atoms with Crippen LogP contribution in [0.25, 0.3) is 11.3 Å². The van der Waals surface area contributed by atoms with Crippen LogP contribution in [0, 0.1) is 0 Å². The van der Waals surface area contributed by atoms with E-state index >= 15 is 0 Å². The van der Waals surface area contributed by atoms with Crippen LogP contribution in [0.2, 0.25) is 0 Å². The first-order valence-corrected chi connectivity index (χ1v) is 6.88. The van der Waals surface area contributed by atoms with Gasteiger partial charge < -0.3 is 9.73 Å². The fraction of sp³-hybridized carbons (Fsp3) is 0.357. The van der Waals surface area contributed by atoms with Gasteiger partial charge in [0.25, 0.3) is 0 Å². The molecule has 4 heteroatoms. The minimum Gasteiger partial charge on any atom is -0.441 e. The number of aromatic nitrogens is 1. The van der Waals surface area contributed by atoms with Crippen LogP contribution in [0.15, 0.2) is 39.4 Å². The maximum Gasteiger partial charge on any atom is 0.196 e. The monoisotopic (exact) mass is 308 g/mol. The number of hydrogen-bond donors (Lipinski definition) is 1. The Kier molecular flexibility index (Phi) is 4.55. The molecule has 0 aliphatic rings. The Morgan fingerprint density at radius 3 is 2.67 bits per heavy atom. The molecule has 0 fully saturated rings. The summed E-state index contributed by atoms with van der Waals surface area (Å²) in [5.74, 6) is 1.60. The van der Waals surface area contributed by atoms with E-state index in [1.807, 2.05) is 24.3 Å². The van der Waals surface area contributed by atoms with Gasteiger partial charge in [0.05, 0.1) is 6.20 Å². The molecule has 0 spiro atoms. The molecule has 1 heterocycles. The third-order valence-electron chi connectivity index (χ3n) is 2.57. The lowest BCUT2D eigenvalue weighted by Gasteiger charge is -2.05. The van der Waals surface area contributed by atoms with Gasteiger partial charge in [-0.15, -0.1) is 0 Å². The lowest BCUT2D eigenvalue weighted by atomic mass is 10.2. The molecule has 0 saturated heterocycles. The van der Waals surface area contributed by atoms with Crippen LogP contribution in [0.4, 0.5) is 0 Å². The molecule has 0 aliphatic heterocycles. The van der Waals surface area contributed by atoms with E-state index in [0.717, 1.165) is 34.7 Å². The van der Waals surface area contributed by atoms with Crippen LogP contribution in [-0.4, -0.2) is 17.6 Å². The number of rotatable bonds is 5. The molecule has 0 saturated carbocycles. The second kappa shape index (κ2) is 6.16. The molecular formula is C14H17BrN2O. The van der Waals surface area contributed by atoms with Crippen molar-refractivity contribution in [1.29, 1.82) is 0 Å². The van der Waals surface area contributed by atoms with Gasteiger partial charge in [-0.3, -0.25) is 0 Å². The molecule has 1 aromatic heterocycles. The molecule has 0 radical (unpaired) electrons. The first-order valence-electron chi connectivity index (χ1n) is 6.09. The average molecular weight is 309 g/mol. The molecule has 0 bridgehead atoms. The maximum absolute atomic E-state index is 5.72. The minimum atomic E-state index is 0.492. The highest BCUT2D eigenvalue weighted by molar-refractivity contribution is 9.10. The number of nitrogens with one attached hydrogen (secondary N) is 1. The third kappa shape index (κ3) is 3.68. The summed E-state index contributed by atoms with van der Waals surface area (Å²) in [7, 11) is 0. The number of benzene rings is 1. The Morgan fingerprint density at radius 1 is 1.28 bits per heavy atom. The lowest BCUT2D eigenvalue weighted by Crippen LogP contribution is -2.24. The van der Waals surface area contributed by atoms with Crippen molar-refractivity contribution in [1.82, 2.24) is 10.3 Å². The maximum atomic E-state index is 5.72. The van der Waals surface area contributed by atoms with Gasteiger partial charge >= 0.3 is 0 Å². The number of nitrogens with zero attached hydrogens (tertiary/aromatic N) is 1. The predicted molar refractivity (Wildman–Crippen MR) is 76.5 cm³/mol. The van der Waals surface area contributed by atoms with Gasteiger partial charge in [-0.1, -0.05) is 41.9 Å². The second-order valence-corrected chi connectivity index (χ2v) is 5.40. The first-order chi connectivity index (χ1) is 8.65. The van der Waals surface area contributed by atoms with E-state index in [2.05, 4.69) is 40.1 Å². The van der Waals surface area contributed by atoms with E-state index in [1.54, 1.807) is 6.20 Å². The molecule has 18 heavy (non-hydrogen) atoms. The van der Waals surface area contributed by atoms with E-state index < -0.39 is 0 Å². The second-order valence-electron chi connectivity index (χ2n) is 4.48. The summed E-state index contributed by atoms with van der Waals surface area (Å²) in [5, 5.41) is 3.34. The lowest BCUT2D eigenvalue weighted by molar-refractivity contribution is 0.484. The van der Waals surface area contributed by atoms with Crippen molar-refractivity contribution in [3.05, 3.63) is 40.8 Å². The zero-order valence-electron chi connectivity index (χ0n) is 10.6. The molecule has 2 rings (SSSR count). The Balaban J connectivity index is 1.99. The highest BCUT2D eigenvalue weighted by Gasteiger charge is 2.06. The van der Waals surface area contributed by atoms with Gasteiger partial charge in [-0.05, 0) is 12.1 Å². The highest BCUT2D eigenvalue weighted by atomic mass is 79.9. The molecule has 3 nitrogen and oxygen atoms in total. The number of hydrogen-bond acceptors (Lipinski definition) is 3. The summed E-state index contributed by atoms with van der Waals surface area (Å²) in [4.78, 5) is 4.29. The van der Waals surface area contributed by atoms with Crippen LogP contribution >= 0.6 is 15.9 Å². The summed E-state index contributed by atoms with van der Waals surface area (Å²) >= 11 is 3.42. The highest BCUT2D eigenvalue weighted by Crippen LogP contribution is 2.22. The molecule has 2 aromatic rings. The van der Waals surface area contributed by atoms with Gasteiger partial charge in [-0.2, -0.15) is 0 Å². The fourth-order valence-electron chi connectivity index (χ4n) is 1.64. The van der Waals surface area contributed by atoms with E-state index in [4.69, 9.17) is 4.42 Å². The summed E-state index contributed by atoms with van der Waals surface area (Å²) in [5.41, 5.74) is 1.05. The van der Waals surface area contributed by atoms with Crippen LogP contribution < -0.4 is 5.32 Å². The van der Waals surface area contributed by atoms with Gasteiger partial charge in [0, 0.05) is 29.0 Å². The predicted octanol–water partition coefficient (Wildman–Crippen LogP) is 3.64. The standard InChI is InChI=1S/C14H17BrN2O/c1-10(2)16-8-7-14-17-9-13(18-14)11-3-5-12(15)6-4-11/h3-6,9-10,16H,7-8H2,1-2H3. The Hall–Kier alpha value is -1.13. The molecule has 1 aromatic carbocycles. The molecule has 0 aliphatic carbocycles. The van der Waals surface area contributed by atoms with Crippen LogP contribution in [-0.2, 0) is 6.42 Å². The minimum absolute atomic E-state index is 0.492. The van der Waals surface area contributed by atoms with E-state index in [0.29, 0.717) is 6.04 Å². The summed E-state index contributed by atoms with van der Waals surface area (Å²) in [6.07, 6.45) is 2.60. The van der Waals surface area contributed by atoms with Gasteiger partial charge in [0.15, 0.2) is 11.7 Å². The SMILES string of the molecule is CC(C)NCCc1ncc(-c2ccc(Br)cc2)o1. The Labute approximate surface area is 116 Å².